The number of rotatable bonds is 14. The van der Waals surface area contributed by atoms with E-state index < -0.39 is 112 Å². The Balaban J connectivity index is 0.969. The maximum atomic E-state index is 16.6. The zero-order chi connectivity index (χ0) is 49.8. The van der Waals surface area contributed by atoms with Crippen LogP contribution in [0.25, 0.3) is 22.3 Å². The molecule has 3 aliphatic heterocycles. The maximum absolute atomic E-state index is 16.6. The van der Waals surface area contributed by atoms with E-state index in [0.29, 0.717) is 12.8 Å². The van der Waals surface area contributed by atoms with Crippen LogP contribution in [0.15, 0.2) is 25.3 Å². The number of anilines is 2. The van der Waals surface area contributed by atoms with Crippen LogP contribution in [0.1, 0.15) is 65.3 Å². The van der Waals surface area contributed by atoms with Gasteiger partial charge in [-0.1, -0.05) is 12.2 Å². The summed E-state index contributed by atoms with van der Waals surface area (Å²) in [5.41, 5.74) is 10.4. The van der Waals surface area contributed by atoms with E-state index in [1.165, 1.54) is 10.9 Å². The summed E-state index contributed by atoms with van der Waals surface area (Å²) in [5.74, 6) is -1.07. The Morgan fingerprint density at radius 3 is 2.14 bits per heavy atom. The fourth-order valence-electron chi connectivity index (χ4n) is 7.43. The summed E-state index contributed by atoms with van der Waals surface area (Å²) >= 11 is 9.28. The van der Waals surface area contributed by atoms with Crippen LogP contribution >= 0.6 is 25.8 Å². The number of alkyl carbamates (subject to hydrolysis) is 1. The molecule has 378 valence electrons. The third-order valence-electron chi connectivity index (χ3n) is 10.5. The molecule has 0 saturated carbocycles. The maximum Gasteiger partial charge on any atom is 0.408 e. The number of aromatic nitrogens is 8. The number of nitrogens with zero attached hydrogens (tertiary/aromatic N) is 8. The molecule has 0 aromatic carbocycles. The Kier molecular flexibility index (Phi) is 16.3. The number of halogens is 2. The number of nitrogens with two attached hydrogens (primary N) is 2. The molecule has 0 bridgehead atoms. The molecule has 33 heteroatoms. The van der Waals surface area contributed by atoms with Crippen molar-refractivity contribution < 1.29 is 69.7 Å². The van der Waals surface area contributed by atoms with E-state index in [1.807, 2.05) is 0 Å². The molecule has 69 heavy (non-hydrogen) atoms. The van der Waals surface area contributed by atoms with Gasteiger partial charge < -0.3 is 56.4 Å². The molecule has 3 fully saturated rings. The van der Waals surface area contributed by atoms with E-state index in [2.05, 4.69) is 63.4 Å². The van der Waals surface area contributed by atoms with Crippen molar-refractivity contribution >= 4 is 95.5 Å². The van der Waals surface area contributed by atoms with Crippen molar-refractivity contribution in [1.82, 2.24) is 55.0 Å². The van der Waals surface area contributed by atoms with Crippen molar-refractivity contribution in [1.29, 1.82) is 0 Å². The highest BCUT2D eigenvalue weighted by Crippen LogP contribution is 2.58. The monoisotopic (exact) mass is 1050 g/mol. The first kappa shape index (κ1) is 52.0. The van der Waals surface area contributed by atoms with Gasteiger partial charge >= 0.3 is 25.6 Å². The number of primary amides is 1. The lowest BCUT2D eigenvalue weighted by atomic mass is 10.1. The number of nitrogen functional groups attached to an aromatic ring is 1. The van der Waals surface area contributed by atoms with Crippen LogP contribution in [0.4, 0.5) is 30.0 Å². The Labute approximate surface area is 401 Å². The van der Waals surface area contributed by atoms with Crippen LogP contribution in [0, 0.1) is 0 Å². The second kappa shape index (κ2) is 21.7. The summed E-state index contributed by atoms with van der Waals surface area (Å²) in [7, 11) is 0. The molecule has 7 rings (SSSR count). The van der Waals surface area contributed by atoms with Crippen molar-refractivity contribution in [3.8, 4) is 0 Å². The van der Waals surface area contributed by atoms with Gasteiger partial charge in [-0.3, -0.25) is 32.3 Å². The number of unbranched alkanes of at least 4 members (excludes halogenated alkanes) is 1. The Hall–Kier alpha value is -4.81. The third-order valence-corrected chi connectivity index (χ3v) is 13.7. The number of nitrogens with one attached hydrogen (secondary N) is 4. The van der Waals surface area contributed by atoms with Gasteiger partial charge in [0.1, 0.15) is 54.2 Å². The molecule has 0 aliphatic carbocycles. The minimum absolute atomic E-state index is 0.0124. The number of hydrogen-bond acceptors (Lipinski definition) is 20. The number of ether oxygens (including phenoxy) is 3. The molecule has 11 atom stereocenters. The predicted octanol–water partition coefficient (Wildman–Crippen LogP) is 2.36. The highest BCUT2D eigenvalue weighted by atomic mass is 32.7. The second-order valence-electron chi connectivity index (χ2n) is 16.7. The number of fused-ring (bicyclic) bond motifs is 4. The zero-order valence-electron chi connectivity index (χ0n) is 37.0. The molecule has 3 aliphatic rings. The number of urea groups is 1. The highest BCUT2D eigenvalue weighted by Gasteiger charge is 2.54. The Morgan fingerprint density at radius 1 is 0.899 bits per heavy atom. The van der Waals surface area contributed by atoms with Gasteiger partial charge in [0.05, 0.1) is 25.9 Å². The smallest absolute Gasteiger partial charge is 0.408 e. The van der Waals surface area contributed by atoms with Gasteiger partial charge in [-0.05, 0) is 58.3 Å². The van der Waals surface area contributed by atoms with Crippen LogP contribution in [-0.4, -0.2) is 143 Å². The minimum Gasteiger partial charge on any atom is -0.444 e. The molecule has 3 saturated heterocycles. The van der Waals surface area contributed by atoms with Crippen molar-refractivity contribution in [3.05, 3.63) is 25.3 Å². The van der Waals surface area contributed by atoms with Gasteiger partial charge in [0.15, 0.2) is 53.2 Å². The largest absolute Gasteiger partial charge is 0.444 e. The van der Waals surface area contributed by atoms with E-state index in [4.69, 9.17) is 55.6 Å². The van der Waals surface area contributed by atoms with E-state index in [1.54, 1.807) is 20.8 Å². The third kappa shape index (κ3) is 12.9. The number of imidazole rings is 2. The van der Waals surface area contributed by atoms with Gasteiger partial charge in [-0.15, -0.1) is 0 Å². The molecule has 7 heterocycles. The van der Waals surface area contributed by atoms with Gasteiger partial charge in [0, 0.05) is 19.5 Å². The molecular weight excluding hydrogens is 1000 g/mol. The second-order valence-corrected chi connectivity index (χ2v) is 22.4. The predicted molar refractivity (Wildman–Crippen MR) is 243 cm³/mol. The summed E-state index contributed by atoms with van der Waals surface area (Å²) in [6.07, 6.45) is -8.60. The zero-order valence-corrected chi connectivity index (χ0v) is 40.5. The first-order valence-electron chi connectivity index (χ1n) is 21.2. The summed E-state index contributed by atoms with van der Waals surface area (Å²) < 4.78 is 88.3. The lowest BCUT2D eigenvalue weighted by molar-refractivity contribution is -0.123. The number of thiol groups is 1. The van der Waals surface area contributed by atoms with Crippen LogP contribution in [-0.2, 0) is 58.3 Å². The number of carbonyl (C=O) groups is 4. The van der Waals surface area contributed by atoms with Crippen molar-refractivity contribution in [3.63, 3.8) is 0 Å². The molecule has 0 spiro atoms. The summed E-state index contributed by atoms with van der Waals surface area (Å²) in [5, 5.41) is 10.3. The van der Waals surface area contributed by atoms with Crippen molar-refractivity contribution in [2.24, 2.45) is 5.73 Å². The molecule has 27 nitrogen and oxygen atoms in total. The Morgan fingerprint density at radius 2 is 1.49 bits per heavy atom. The van der Waals surface area contributed by atoms with E-state index >= 15 is 8.78 Å². The summed E-state index contributed by atoms with van der Waals surface area (Å²) in [6.45, 7) is -4.98. The average Bonchev–Trinajstić information content (AvgIpc) is 4.04. The first-order chi connectivity index (χ1) is 32.6. The lowest BCUT2D eigenvalue weighted by Gasteiger charge is -2.29. The van der Waals surface area contributed by atoms with E-state index in [-0.39, 0.29) is 66.3 Å². The number of hydrogen-bond donors (Lipinski definition) is 8. The summed E-state index contributed by atoms with van der Waals surface area (Å²) in [4.78, 5) is 85.4. The molecular formula is C36H50F2N14O13P2S2. The fraction of sp³-hybridized carbons (Fsp3) is 0.611. The highest BCUT2D eigenvalue weighted by molar-refractivity contribution is 8.44. The SMILES string of the molecule is CC(C)(C)OC(=O)N[C@@H](CCCCNC(N)=O)C(=O)NCCCC(=O)Nc1ncnc2c1ncn2[C@@H]1O[C@@H]2COP(O)(=S)OC3[C@@H](F)[C@H](n4cnc5c(N)ncnc54)O[C@@H]3COP(=O)(S)OC2[C@H]1F. The average molecular weight is 1050 g/mol. The van der Waals surface area contributed by atoms with Crippen LogP contribution in [0.3, 0.4) is 0 Å². The molecule has 4 aromatic heterocycles. The van der Waals surface area contributed by atoms with Gasteiger partial charge in [-0.25, -0.2) is 52.8 Å². The molecule has 5 amide bonds. The molecule has 4 unspecified atom stereocenters. The molecule has 0 radical (unpaired) electrons. The van der Waals surface area contributed by atoms with Crippen LogP contribution in [0.5, 0.6) is 0 Å². The normalized spacial score (nSPS) is 29.0. The number of alkyl halides is 2. The molecule has 4 aromatic rings. The van der Waals surface area contributed by atoms with Crippen molar-refractivity contribution in [2.45, 2.75) is 114 Å². The van der Waals surface area contributed by atoms with Gasteiger partial charge in [0.25, 0.3) is 0 Å². The number of amides is 5. The Bertz CT molecular complexity index is 2630. The number of carbonyl (C=O) groups excluding carboxylic acids is 4. The van der Waals surface area contributed by atoms with E-state index in [0.717, 1.165) is 23.5 Å². The van der Waals surface area contributed by atoms with Gasteiger partial charge in [-0.2, -0.15) is 0 Å². The van der Waals surface area contributed by atoms with Gasteiger partial charge in [0.2, 0.25) is 11.8 Å². The van der Waals surface area contributed by atoms with Crippen LogP contribution < -0.4 is 32.7 Å². The quantitative estimate of drug-likeness (QED) is 0.0510. The standard InChI is InChI=1S/C36H50F2N14O13P2S2/c1-36(2,3)63-35(56)49-17(7-4-5-9-42-34(40)55)31(54)41-10-6-8-20(53)50-28-24-30(46-14-44-28)52(16-48-24)33-22(38)26-19(62-33)12-60-66(57,68)64-25-18(11-59-67(58,69)65-26)61-32(21(25)37)51-15-47-23-27(39)43-13-45-29(23)51/h13-19,21-22,25-26,32-33H,4-12H2,1-3H3,(H,41,54)(H,49,56)(H,57,68)(H,58,69)(H2,39,43,45)(H3,40,42,55)(H,44,46,50,53)/t17-,18+,19+,21+,22+,25?,26?,32+,33+,66?,67?/m0/s1. The minimum atomic E-state index is -4.53. The van der Waals surface area contributed by atoms with Crippen molar-refractivity contribution in [2.75, 3.05) is 37.4 Å². The van der Waals surface area contributed by atoms with E-state index in [9.17, 15) is 28.6 Å². The van der Waals surface area contributed by atoms with Crippen LogP contribution in [0.2, 0.25) is 0 Å². The lowest BCUT2D eigenvalue weighted by Crippen LogP contribution is -2.48. The summed E-state index contributed by atoms with van der Waals surface area (Å²) in [6, 6.07) is -1.66. The topological polar surface area (TPSA) is 358 Å². The fourth-order valence-corrected chi connectivity index (χ4v) is 10.3. The molecule has 9 N–H and O–H groups in total. The first-order valence-corrected chi connectivity index (χ1v) is 26.5.